The predicted molar refractivity (Wildman–Crippen MR) is 59.0 cm³/mol. The summed E-state index contributed by atoms with van der Waals surface area (Å²) >= 11 is 4.50. The van der Waals surface area contributed by atoms with E-state index in [0.29, 0.717) is 5.56 Å². The van der Waals surface area contributed by atoms with Crippen LogP contribution in [0.2, 0.25) is 0 Å². The Labute approximate surface area is 90.7 Å². The van der Waals surface area contributed by atoms with Gasteiger partial charge in [0.1, 0.15) is 0 Å². The smallest absolute Gasteiger partial charge is 0.200 e. The first-order chi connectivity index (χ1) is 7.00. The molecule has 0 heterocycles. The number of hydrogen-bond acceptors (Lipinski definition) is 5. The van der Waals surface area contributed by atoms with Crippen LogP contribution >= 0.6 is 12.2 Å². The molecular weight excluding hydrogens is 218 g/mol. The normalized spacial score (nSPS) is 10.4. The van der Waals surface area contributed by atoms with Gasteiger partial charge in [-0.05, 0) is 24.4 Å². The lowest BCUT2D eigenvalue weighted by atomic mass is 10.2. The average Bonchev–Trinajstić information content (AvgIpc) is 2.13. The van der Waals surface area contributed by atoms with Crippen LogP contribution in [-0.2, 0) is 0 Å². The number of phenolic OH excluding ortho intramolecular Hbond substituents is 3. The highest BCUT2D eigenvalue weighted by Gasteiger charge is 2.06. The van der Waals surface area contributed by atoms with Crippen LogP contribution in [0.15, 0.2) is 17.2 Å². The van der Waals surface area contributed by atoms with Crippen molar-refractivity contribution in [3.8, 4) is 17.2 Å². The minimum absolute atomic E-state index is 0.00141. The highest BCUT2D eigenvalue weighted by molar-refractivity contribution is 7.80. The van der Waals surface area contributed by atoms with E-state index in [1.807, 2.05) is 0 Å². The number of benzene rings is 1. The number of rotatable bonds is 2. The van der Waals surface area contributed by atoms with Crippen LogP contribution in [-0.4, -0.2) is 26.6 Å². The van der Waals surface area contributed by atoms with Crippen LogP contribution in [0.3, 0.4) is 0 Å². The zero-order chi connectivity index (χ0) is 11.4. The zero-order valence-electron chi connectivity index (χ0n) is 7.51. The Hall–Kier alpha value is -2.02. The molecule has 0 aliphatic rings. The molecule has 0 aromatic heterocycles. The predicted octanol–water partition coefficient (Wildman–Crippen LogP) is -0.0295. The molecule has 0 fully saturated rings. The highest BCUT2D eigenvalue weighted by Crippen LogP contribution is 2.34. The van der Waals surface area contributed by atoms with Crippen molar-refractivity contribution in [3.63, 3.8) is 0 Å². The first kappa shape index (κ1) is 11.1. The Bertz CT molecular complexity index is 397. The molecule has 6 nitrogen and oxygen atoms in total. The van der Waals surface area contributed by atoms with Gasteiger partial charge in [-0.2, -0.15) is 5.10 Å². The largest absolute Gasteiger partial charge is 0.504 e. The molecule has 0 bridgehead atoms. The number of phenols is 3. The van der Waals surface area contributed by atoms with E-state index in [-0.39, 0.29) is 5.11 Å². The summed E-state index contributed by atoms with van der Waals surface area (Å²) in [7, 11) is 0. The third kappa shape index (κ3) is 2.99. The molecule has 0 spiro atoms. The first-order valence-electron chi connectivity index (χ1n) is 3.84. The van der Waals surface area contributed by atoms with E-state index in [4.69, 9.17) is 21.1 Å². The molecule has 0 atom stereocenters. The van der Waals surface area contributed by atoms with Crippen molar-refractivity contribution in [2.75, 3.05) is 0 Å². The maximum Gasteiger partial charge on any atom is 0.200 e. The maximum absolute atomic E-state index is 9.15. The summed E-state index contributed by atoms with van der Waals surface area (Å²) in [6.45, 7) is 0. The third-order valence-electron chi connectivity index (χ3n) is 1.48. The van der Waals surface area contributed by atoms with Crippen molar-refractivity contribution in [3.05, 3.63) is 17.7 Å². The summed E-state index contributed by atoms with van der Waals surface area (Å²) in [6, 6.07) is 2.44. The molecule has 0 unspecified atom stereocenters. The van der Waals surface area contributed by atoms with Crippen molar-refractivity contribution in [1.29, 1.82) is 0 Å². The van der Waals surface area contributed by atoms with E-state index in [1.54, 1.807) is 0 Å². The molecule has 0 amide bonds. The molecule has 1 aromatic carbocycles. The minimum Gasteiger partial charge on any atom is -0.504 e. The van der Waals surface area contributed by atoms with Crippen LogP contribution in [0.25, 0.3) is 0 Å². The van der Waals surface area contributed by atoms with Gasteiger partial charge in [-0.3, -0.25) is 5.43 Å². The molecule has 0 aliphatic heterocycles. The second-order valence-corrected chi connectivity index (χ2v) is 3.08. The number of nitrogens with one attached hydrogen (secondary N) is 1. The summed E-state index contributed by atoms with van der Waals surface area (Å²) in [4.78, 5) is 0. The van der Waals surface area contributed by atoms with Gasteiger partial charge in [0.25, 0.3) is 0 Å². The van der Waals surface area contributed by atoms with Crippen LogP contribution < -0.4 is 11.2 Å². The van der Waals surface area contributed by atoms with E-state index >= 15 is 0 Å². The Balaban J connectivity index is 2.87. The minimum atomic E-state index is -0.575. The van der Waals surface area contributed by atoms with Gasteiger partial charge in [0.15, 0.2) is 22.4 Å². The van der Waals surface area contributed by atoms with Gasteiger partial charge in [-0.1, -0.05) is 0 Å². The quantitative estimate of drug-likeness (QED) is 0.210. The van der Waals surface area contributed by atoms with E-state index in [9.17, 15) is 0 Å². The fourth-order valence-electron chi connectivity index (χ4n) is 0.870. The van der Waals surface area contributed by atoms with Crippen LogP contribution in [0.4, 0.5) is 0 Å². The Morgan fingerprint density at radius 2 is 1.87 bits per heavy atom. The molecule has 0 radical (unpaired) electrons. The molecule has 0 saturated carbocycles. The van der Waals surface area contributed by atoms with Crippen molar-refractivity contribution in [2.45, 2.75) is 0 Å². The first-order valence-corrected chi connectivity index (χ1v) is 4.25. The molecule has 0 aliphatic carbocycles. The molecule has 15 heavy (non-hydrogen) atoms. The number of nitrogens with zero attached hydrogens (tertiary/aromatic N) is 1. The molecular formula is C8H9N3O3S. The molecule has 80 valence electrons. The zero-order valence-corrected chi connectivity index (χ0v) is 8.32. The second kappa shape index (κ2) is 4.47. The number of thiocarbonyl (C=S) groups is 1. The number of nitrogens with two attached hydrogens (primary N) is 1. The van der Waals surface area contributed by atoms with Crippen molar-refractivity contribution < 1.29 is 15.3 Å². The van der Waals surface area contributed by atoms with Crippen molar-refractivity contribution in [2.24, 2.45) is 10.8 Å². The van der Waals surface area contributed by atoms with Gasteiger partial charge in [-0.15, -0.1) is 0 Å². The standard InChI is InChI=1S/C8H9N3O3S/c9-8(15)11-10-3-4-1-5(12)7(14)6(13)2-4/h1-3,12-14H,(H3,9,11,15)/b10-3+. The molecule has 1 aromatic rings. The lowest BCUT2D eigenvalue weighted by molar-refractivity contribution is 0.368. The summed E-state index contributed by atoms with van der Waals surface area (Å²) in [6.07, 6.45) is 1.28. The summed E-state index contributed by atoms with van der Waals surface area (Å²) in [5, 5.41) is 30.9. The van der Waals surface area contributed by atoms with Gasteiger partial charge < -0.3 is 21.1 Å². The summed E-state index contributed by atoms with van der Waals surface area (Å²) < 4.78 is 0. The van der Waals surface area contributed by atoms with Crippen molar-refractivity contribution in [1.82, 2.24) is 5.43 Å². The van der Waals surface area contributed by atoms with E-state index in [2.05, 4.69) is 22.7 Å². The SMILES string of the molecule is NC(=S)N/N=C/c1cc(O)c(O)c(O)c1. The fraction of sp³-hybridized carbons (Fsp3) is 0. The molecule has 7 heteroatoms. The number of aromatic hydroxyl groups is 3. The van der Waals surface area contributed by atoms with Gasteiger partial charge in [-0.25, -0.2) is 0 Å². The van der Waals surface area contributed by atoms with E-state index < -0.39 is 17.2 Å². The number of hydrogen-bond donors (Lipinski definition) is 5. The molecule has 1 rings (SSSR count). The maximum atomic E-state index is 9.15. The topological polar surface area (TPSA) is 111 Å². The lowest BCUT2D eigenvalue weighted by Gasteiger charge is -2.01. The van der Waals surface area contributed by atoms with E-state index in [1.165, 1.54) is 18.3 Å². The lowest BCUT2D eigenvalue weighted by Crippen LogP contribution is -2.23. The van der Waals surface area contributed by atoms with E-state index in [0.717, 1.165) is 0 Å². The highest BCUT2D eigenvalue weighted by atomic mass is 32.1. The van der Waals surface area contributed by atoms with Gasteiger partial charge in [0.05, 0.1) is 6.21 Å². The third-order valence-corrected chi connectivity index (χ3v) is 1.57. The van der Waals surface area contributed by atoms with Gasteiger partial charge in [0, 0.05) is 5.56 Å². The van der Waals surface area contributed by atoms with Gasteiger partial charge in [0.2, 0.25) is 0 Å². The second-order valence-electron chi connectivity index (χ2n) is 2.64. The monoisotopic (exact) mass is 227 g/mol. The molecule has 6 N–H and O–H groups in total. The Morgan fingerprint density at radius 3 is 2.33 bits per heavy atom. The van der Waals surface area contributed by atoms with Gasteiger partial charge >= 0.3 is 0 Å². The van der Waals surface area contributed by atoms with Crippen LogP contribution in [0.1, 0.15) is 5.56 Å². The average molecular weight is 227 g/mol. The fourth-order valence-corrected chi connectivity index (χ4v) is 0.923. The van der Waals surface area contributed by atoms with Crippen LogP contribution in [0, 0.1) is 0 Å². The van der Waals surface area contributed by atoms with Crippen LogP contribution in [0.5, 0.6) is 17.2 Å². The Morgan fingerprint density at radius 1 is 1.33 bits per heavy atom. The Kier molecular flexibility index (Phi) is 3.29. The number of hydrazone groups is 1. The van der Waals surface area contributed by atoms with Crippen molar-refractivity contribution >= 4 is 23.5 Å². The summed E-state index contributed by atoms with van der Waals surface area (Å²) in [5.41, 5.74) is 7.79. The summed E-state index contributed by atoms with van der Waals surface area (Å²) in [5.74, 6) is -1.45. The molecule has 0 saturated heterocycles.